The highest BCUT2D eigenvalue weighted by molar-refractivity contribution is 6.32. The number of methoxy groups -OCH3 is 1. The molecular formula is C12H16ClNO3. The van der Waals surface area contributed by atoms with Gasteiger partial charge in [0.1, 0.15) is 0 Å². The molecule has 1 aromatic rings. The lowest BCUT2D eigenvalue weighted by Gasteiger charge is -2.17. The van der Waals surface area contributed by atoms with Crippen LogP contribution in [0.15, 0.2) is 17.3 Å². The van der Waals surface area contributed by atoms with Crippen molar-refractivity contribution in [1.82, 2.24) is 0 Å². The Kier molecular flexibility index (Phi) is 5.10. The zero-order valence-corrected chi connectivity index (χ0v) is 10.9. The Balaban J connectivity index is 3.11. The molecule has 0 fully saturated rings. The van der Waals surface area contributed by atoms with Gasteiger partial charge in [-0.15, -0.1) is 0 Å². The first-order valence-corrected chi connectivity index (χ1v) is 5.71. The lowest BCUT2D eigenvalue weighted by Crippen LogP contribution is -2.11. The molecule has 0 amide bonds. The van der Waals surface area contributed by atoms with Gasteiger partial charge in [0.25, 0.3) is 0 Å². The van der Waals surface area contributed by atoms with Gasteiger partial charge in [-0.05, 0) is 25.5 Å². The summed E-state index contributed by atoms with van der Waals surface area (Å²) in [4.78, 5) is 0. The van der Waals surface area contributed by atoms with Gasteiger partial charge in [0, 0.05) is 5.56 Å². The molecule has 1 aromatic carbocycles. The van der Waals surface area contributed by atoms with Crippen molar-refractivity contribution in [1.29, 1.82) is 0 Å². The Morgan fingerprint density at radius 3 is 2.76 bits per heavy atom. The predicted octanol–water partition coefficient (Wildman–Crippen LogP) is 3.33. The topological polar surface area (TPSA) is 51.0 Å². The minimum absolute atomic E-state index is 0.0544. The molecule has 1 atom stereocenters. The molecule has 94 valence electrons. The molecule has 0 saturated heterocycles. The largest absolute Gasteiger partial charge is 0.493 e. The highest BCUT2D eigenvalue weighted by Crippen LogP contribution is 2.36. The van der Waals surface area contributed by atoms with Crippen LogP contribution < -0.4 is 9.47 Å². The molecule has 1 N–H and O–H groups in total. The van der Waals surface area contributed by atoms with E-state index in [1.54, 1.807) is 12.1 Å². The van der Waals surface area contributed by atoms with Crippen LogP contribution >= 0.6 is 11.6 Å². The molecule has 0 saturated carbocycles. The molecule has 0 aliphatic carbocycles. The molecule has 0 aliphatic heterocycles. The van der Waals surface area contributed by atoms with Crippen molar-refractivity contribution in [3.8, 4) is 11.5 Å². The number of rotatable bonds is 5. The first-order chi connectivity index (χ1) is 8.12. The van der Waals surface area contributed by atoms with Gasteiger partial charge in [0.2, 0.25) is 0 Å². The molecule has 0 aliphatic rings. The van der Waals surface area contributed by atoms with Crippen molar-refractivity contribution in [2.24, 2.45) is 5.16 Å². The van der Waals surface area contributed by atoms with E-state index in [0.717, 1.165) is 6.42 Å². The monoisotopic (exact) mass is 257 g/mol. The van der Waals surface area contributed by atoms with Crippen molar-refractivity contribution >= 4 is 17.8 Å². The van der Waals surface area contributed by atoms with Crippen molar-refractivity contribution in [3.05, 3.63) is 22.7 Å². The van der Waals surface area contributed by atoms with Crippen molar-refractivity contribution < 1.29 is 14.7 Å². The van der Waals surface area contributed by atoms with Crippen molar-refractivity contribution in [2.45, 2.75) is 26.4 Å². The summed E-state index contributed by atoms with van der Waals surface area (Å²) in [6, 6.07) is 3.35. The standard InChI is InChI=1S/C12H16ClNO3/c1-4-8(2)17-12-10(13)5-9(7-14-15)6-11(12)16-3/h5-8,15H,4H2,1-3H3. The molecular weight excluding hydrogens is 242 g/mol. The Morgan fingerprint density at radius 2 is 2.24 bits per heavy atom. The summed E-state index contributed by atoms with van der Waals surface area (Å²) in [6.45, 7) is 3.98. The van der Waals surface area contributed by atoms with E-state index < -0.39 is 0 Å². The van der Waals surface area contributed by atoms with Crippen molar-refractivity contribution in [3.63, 3.8) is 0 Å². The second kappa shape index (κ2) is 6.35. The lowest BCUT2D eigenvalue weighted by atomic mass is 10.2. The zero-order chi connectivity index (χ0) is 12.8. The van der Waals surface area contributed by atoms with Gasteiger partial charge in [0.05, 0.1) is 24.5 Å². The van der Waals surface area contributed by atoms with E-state index in [0.29, 0.717) is 22.1 Å². The van der Waals surface area contributed by atoms with E-state index >= 15 is 0 Å². The van der Waals surface area contributed by atoms with Gasteiger partial charge in [-0.1, -0.05) is 23.7 Å². The van der Waals surface area contributed by atoms with Gasteiger partial charge in [-0.3, -0.25) is 0 Å². The van der Waals surface area contributed by atoms with Gasteiger partial charge in [0.15, 0.2) is 11.5 Å². The fourth-order valence-electron chi connectivity index (χ4n) is 1.28. The number of oxime groups is 1. The molecule has 1 unspecified atom stereocenters. The second-order valence-electron chi connectivity index (χ2n) is 3.62. The fraction of sp³-hybridized carbons (Fsp3) is 0.417. The van der Waals surface area contributed by atoms with E-state index in [1.165, 1.54) is 13.3 Å². The number of benzene rings is 1. The number of halogens is 1. The molecule has 4 nitrogen and oxygen atoms in total. The summed E-state index contributed by atoms with van der Waals surface area (Å²) in [5.41, 5.74) is 0.644. The number of ether oxygens (including phenoxy) is 2. The Bertz CT molecular complexity index is 407. The zero-order valence-electron chi connectivity index (χ0n) is 10.1. The predicted molar refractivity (Wildman–Crippen MR) is 67.8 cm³/mol. The third-order valence-corrected chi connectivity index (χ3v) is 2.63. The molecule has 0 spiro atoms. The maximum atomic E-state index is 8.48. The molecule has 0 bridgehead atoms. The van der Waals surface area contributed by atoms with Crippen molar-refractivity contribution in [2.75, 3.05) is 7.11 Å². The summed E-state index contributed by atoms with van der Waals surface area (Å²) in [5, 5.41) is 11.9. The number of hydrogen-bond acceptors (Lipinski definition) is 4. The second-order valence-corrected chi connectivity index (χ2v) is 4.02. The van der Waals surface area contributed by atoms with Crippen LogP contribution in [0.1, 0.15) is 25.8 Å². The Labute approximate surface area is 106 Å². The third kappa shape index (κ3) is 3.53. The smallest absolute Gasteiger partial charge is 0.180 e. The maximum absolute atomic E-state index is 8.48. The molecule has 17 heavy (non-hydrogen) atoms. The minimum Gasteiger partial charge on any atom is -0.493 e. The average Bonchev–Trinajstić information content (AvgIpc) is 2.32. The lowest BCUT2D eigenvalue weighted by molar-refractivity contribution is 0.208. The summed E-state index contributed by atoms with van der Waals surface area (Å²) in [7, 11) is 1.54. The van der Waals surface area contributed by atoms with E-state index in [1.807, 2.05) is 13.8 Å². The number of hydrogen-bond donors (Lipinski definition) is 1. The van der Waals surface area contributed by atoms with Gasteiger partial charge < -0.3 is 14.7 Å². The first-order valence-electron chi connectivity index (χ1n) is 5.34. The molecule has 0 heterocycles. The average molecular weight is 258 g/mol. The maximum Gasteiger partial charge on any atom is 0.180 e. The molecule has 0 aromatic heterocycles. The Hall–Kier alpha value is -1.42. The van der Waals surface area contributed by atoms with E-state index in [2.05, 4.69) is 5.16 Å². The Morgan fingerprint density at radius 1 is 1.53 bits per heavy atom. The highest BCUT2D eigenvalue weighted by atomic mass is 35.5. The van der Waals surface area contributed by atoms with E-state index in [4.69, 9.17) is 26.3 Å². The molecule has 5 heteroatoms. The normalized spacial score (nSPS) is 12.7. The summed E-state index contributed by atoms with van der Waals surface area (Å²) >= 11 is 6.10. The van der Waals surface area contributed by atoms with Gasteiger partial charge >= 0.3 is 0 Å². The van der Waals surface area contributed by atoms with Crippen LogP contribution in [-0.2, 0) is 0 Å². The summed E-state index contributed by atoms with van der Waals surface area (Å²) < 4.78 is 10.9. The van der Waals surface area contributed by atoms with Gasteiger partial charge in [-0.25, -0.2) is 0 Å². The van der Waals surface area contributed by atoms with Crippen LogP contribution in [0.3, 0.4) is 0 Å². The summed E-state index contributed by atoms with van der Waals surface area (Å²) in [5.74, 6) is 1.03. The van der Waals surface area contributed by atoms with Crippen LogP contribution in [0.4, 0.5) is 0 Å². The van der Waals surface area contributed by atoms with E-state index in [9.17, 15) is 0 Å². The van der Waals surface area contributed by atoms with E-state index in [-0.39, 0.29) is 6.10 Å². The molecule has 1 rings (SSSR count). The fourth-order valence-corrected chi connectivity index (χ4v) is 1.54. The van der Waals surface area contributed by atoms with Crippen LogP contribution in [0.2, 0.25) is 5.02 Å². The highest BCUT2D eigenvalue weighted by Gasteiger charge is 2.13. The summed E-state index contributed by atoms with van der Waals surface area (Å²) in [6.07, 6.45) is 2.21. The van der Waals surface area contributed by atoms with Crippen LogP contribution in [0.5, 0.6) is 11.5 Å². The number of nitrogens with zero attached hydrogens (tertiary/aromatic N) is 1. The van der Waals surface area contributed by atoms with Crippen LogP contribution in [-0.4, -0.2) is 24.6 Å². The first kappa shape index (κ1) is 13.6. The quantitative estimate of drug-likeness (QED) is 0.500. The van der Waals surface area contributed by atoms with Crippen LogP contribution in [0.25, 0.3) is 0 Å². The van der Waals surface area contributed by atoms with Crippen LogP contribution in [0, 0.1) is 0 Å². The SMILES string of the molecule is CCC(C)Oc1c(Cl)cc(C=NO)cc1OC. The molecule has 0 radical (unpaired) electrons. The minimum atomic E-state index is 0.0544. The third-order valence-electron chi connectivity index (χ3n) is 2.35. The van der Waals surface area contributed by atoms with Gasteiger partial charge in [-0.2, -0.15) is 0 Å².